The normalized spacial score (nSPS) is 30.0. The van der Waals surface area contributed by atoms with Crippen molar-refractivity contribution in [3.8, 4) is 0 Å². The molecule has 3 aromatic carbocycles. The van der Waals surface area contributed by atoms with Crippen molar-refractivity contribution in [1.29, 1.82) is 0 Å². The van der Waals surface area contributed by atoms with Crippen LogP contribution >= 0.6 is 0 Å². The lowest BCUT2D eigenvalue weighted by Gasteiger charge is -2.32. The van der Waals surface area contributed by atoms with E-state index in [0.717, 1.165) is 7.11 Å². The first-order valence-electron chi connectivity index (χ1n) is 22.4. The second-order valence-corrected chi connectivity index (χ2v) is 8.12. The number of allylic oxidation sites excluding steroid dienone is 1. The lowest BCUT2D eigenvalue weighted by molar-refractivity contribution is -0.119. The molecule has 8 heteroatoms. The van der Waals surface area contributed by atoms with Crippen LogP contribution in [0.1, 0.15) is 57.2 Å². The smallest absolute Gasteiger partial charge is 0.337 e. The second-order valence-electron chi connectivity index (χ2n) is 8.12. The number of piperazine rings is 1. The van der Waals surface area contributed by atoms with Crippen molar-refractivity contribution in [2.24, 2.45) is 0 Å². The van der Waals surface area contributed by atoms with Crippen LogP contribution in [0.4, 0.5) is 11.4 Å². The average Bonchev–Trinajstić information content (AvgIpc) is 3.53. The molecule has 2 aliphatic rings. The standard InChI is InChI=1S/C32H34N4O4/c1-34-15-17-36(18-16-34)21-29(37)35(2)25-12-9-22(10-13-25)19-27(23-7-5-4-6-8-23)30-26-14-11-24(32(39)40-3)20-28(26)33-31(30)38/h4-14,20H,15-19,21H2,1-3H3,(H,33,38)/b30-27+/i4D,5D,6D,7D,8D,9D,10D,11D,12D,13D,14D,15D2,16D2,17D2,18D2,20D,21D2. The SMILES string of the molecule is [2H]c1c([2H])c([2H])c(/C(Cc2c([2H])c([2H])c(N(C)C(=O)C([2H])([2H])N3C([2H])([2H])C([2H])([2H])N(C)C([2H])([2H])C3([2H])[2H])c([2H])c2[2H])=C2/C(=O)Nc3c([2H])c(C(=O)OC)c([2H])c([2H])c32)c([2H])c1[2H]. The van der Waals surface area contributed by atoms with Crippen LogP contribution in [0.3, 0.4) is 0 Å². The van der Waals surface area contributed by atoms with Gasteiger partial charge in [-0.1, -0.05) is 48.3 Å². The Hall–Kier alpha value is -4.27. The molecular formula is C32H34N4O4. The summed E-state index contributed by atoms with van der Waals surface area (Å²) in [6.07, 6.45) is -1.05. The first-order chi connectivity index (χ1) is 28.1. The lowest BCUT2D eigenvalue weighted by atomic mass is 9.90. The summed E-state index contributed by atoms with van der Waals surface area (Å²) in [4.78, 5) is 40.0. The summed E-state index contributed by atoms with van der Waals surface area (Å²) in [5, 5.41) is 2.27. The summed E-state index contributed by atoms with van der Waals surface area (Å²) in [5.74, 6) is -4.44. The number of esters is 1. The number of likely N-dealkylation sites (N-methyl/N-ethyl adjacent to an activating group) is 2. The molecule has 0 unspecified atom stereocenters. The van der Waals surface area contributed by atoms with Crippen LogP contribution in [0.15, 0.2) is 72.5 Å². The predicted molar refractivity (Wildman–Crippen MR) is 157 cm³/mol. The van der Waals surface area contributed by atoms with Crippen molar-refractivity contribution in [3.63, 3.8) is 0 Å². The fraction of sp³-hybridized carbons (Fsp3) is 0.281. The summed E-state index contributed by atoms with van der Waals surface area (Å²) in [5.41, 5.74) is -5.69. The van der Waals surface area contributed by atoms with E-state index in [-0.39, 0.29) is 9.80 Å². The van der Waals surface area contributed by atoms with E-state index in [4.69, 9.17) is 30.2 Å². The van der Waals surface area contributed by atoms with Crippen LogP contribution in [0, 0.1) is 0 Å². The van der Waals surface area contributed by atoms with E-state index in [1.165, 1.54) is 0 Å². The number of rotatable bonds is 7. The number of nitrogens with zero attached hydrogens (tertiary/aromatic N) is 3. The van der Waals surface area contributed by atoms with Gasteiger partial charge in [-0.05, 0) is 54.3 Å². The quantitative estimate of drug-likeness (QED) is 0.350. The van der Waals surface area contributed by atoms with Crippen molar-refractivity contribution in [3.05, 3.63) is 94.8 Å². The van der Waals surface area contributed by atoms with Crippen molar-refractivity contribution < 1.29 is 49.3 Å². The zero-order valence-corrected chi connectivity index (χ0v) is 21.2. The maximum absolute atomic E-state index is 14.0. The van der Waals surface area contributed by atoms with E-state index in [1.54, 1.807) is 0 Å². The number of ether oxygens (including phenoxy) is 1. The molecule has 0 aromatic heterocycles. The van der Waals surface area contributed by atoms with Gasteiger partial charge in [0, 0.05) is 60.9 Å². The first kappa shape index (κ1) is 11.3. The van der Waals surface area contributed by atoms with Gasteiger partial charge in [0.2, 0.25) is 5.91 Å². The van der Waals surface area contributed by atoms with Crippen LogP contribution in [0.5, 0.6) is 0 Å². The highest BCUT2D eigenvalue weighted by Gasteiger charge is 2.29. The van der Waals surface area contributed by atoms with Gasteiger partial charge in [-0.25, -0.2) is 4.79 Å². The van der Waals surface area contributed by atoms with Gasteiger partial charge in [0.15, 0.2) is 0 Å². The van der Waals surface area contributed by atoms with E-state index in [9.17, 15) is 14.4 Å². The molecule has 0 atom stereocenters. The second kappa shape index (κ2) is 11.9. The Labute approximate surface area is 265 Å². The fourth-order valence-corrected chi connectivity index (χ4v) is 3.57. The van der Waals surface area contributed by atoms with E-state index in [0.29, 0.717) is 14.1 Å². The molecule has 40 heavy (non-hydrogen) atoms. The topological polar surface area (TPSA) is 82.2 Å². The molecule has 0 radical (unpaired) electrons. The molecule has 1 saturated heterocycles. The van der Waals surface area contributed by atoms with Crippen LogP contribution in [0.2, 0.25) is 0 Å². The third-order valence-corrected chi connectivity index (χ3v) is 5.54. The Bertz CT molecular complexity index is 2460. The van der Waals surface area contributed by atoms with Crippen molar-refractivity contribution in [2.45, 2.75) is 6.42 Å². The zero-order valence-electron chi connectivity index (χ0n) is 43.2. The molecule has 2 amide bonds. The van der Waals surface area contributed by atoms with Crippen LogP contribution in [-0.2, 0) is 20.7 Å². The van der Waals surface area contributed by atoms with Crippen LogP contribution in [-0.4, -0.2) is 81.3 Å². The van der Waals surface area contributed by atoms with Crippen LogP contribution < -0.4 is 10.2 Å². The maximum Gasteiger partial charge on any atom is 0.337 e. The van der Waals surface area contributed by atoms with Gasteiger partial charge in [-0.15, -0.1) is 0 Å². The molecule has 1 N–H and O–H groups in total. The number of anilines is 2. The molecular weight excluding hydrogens is 504 g/mol. The third kappa shape index (κ3) is 5.83. The lowest BCUT2D eigenvalue weighted by Crippen LogP contribution is -2.48. The molecule has 2 aliphatic heterocycles. The molecule has 3 aromatic rings. The number of amides is 2. The summed E-state index contributed by atoms with van der Waals surface area (Å²) < 4.78 is 192. The molecule has 0 aliphatic carbocycles. The first-order valence-corrected chi connectivity index (χ1v) is 11.4. The largest absolute Gasteiger partial charge is 0.465 e. The highest BCUT2D eigenvalue weighted by atomic mass is 16.5. The maximum atomic E-state index is 14.0. The number of carbonyl (C=O) groups is 3. The molecule has 206 valence electrons. The number of benzene rings is 3. The average molecular weight is 561 g/mol. The van der Waals surface area contributed by atoms with E-state index >= 15 is 0 Å². The molecule has 0 bridgehead atoms. The van der Waals surface area contributed by atoms with Crippen molar-refractivity contribution >= 4 is 40.3 Å². The predicted octanol–water partition coefficient (Wildman–Crippen LogP) is 3.79. The summed E-state index contributed by atoms with van der Waals surface area (Å²) in [7, 11) is 2.33. The minimum Gasteiger partial charge on any atom is -0.465 e. The van der Waals surface area contributed by atoms with E-state index in [1.807, 2.05) is 0 Å². The Balaban J connectivity index is 1.78. The molecule has 5 rings (SSSR count). The number of methoxy groups -OCH3 is 1. The van der Waals surface area contributed by atoms with Crippen LogP contribution in [0.25, 0.3) is 11.1 Å². The van der Waals surface area contributed by atoms with Gasteiger partial charge in [0.05, 0.1) is 43.9 Å². The van der Waals surface area contributed by atoms with Gasteiger partial charge in [0.25, 0.3) is 5.91 Å². The van der Waals surface area contributed by atoms with Gasteiger partial charge < -0.3 is 19.9 Å². The molecule has 0 saturated carbocycles. The Morgan fingerprint density at radius 2 is 1.73 bits per heavy atom. The summed E-state index contributed by atoms with van der Waals surface area (Å²) >= 11 is 0. The van der Waals surface area contributed by atoms with Gasteiger partial charge >= 0.3 is 5.97 Å². The summed E-state index contributed by atoms with van der Waals surface area (Å²) in [6.45, 7) is -18.7. The minimum atomic E-state index is -4.04. The number of carbonyl (C=O) groups excluding carboxylic acids is 3. The number of hydrogen-bond donors (Lipinski definition) is 1. The van der Waals surface area contributed by atoms with Crippen molar-refractivity contribution in [2.75, 3.05) is 63.9 Å². The van der Waals surface area contributed by atoms with Crippen molar-refractivity contribution in [1.82, 2.24) is 9.80 Å². The molecule has 1 fully saturated rings. The zero-order chi connectivity index (χ0) is 47.6. The number of fused-ring (bicyclic) bond motifs is 1. The minimum absolute atomic E-state index is 0.0475. The van der Waals surface area contributed by atoms with Gasteiger partial charge in [-0.2, -0.15) is 0 Å². The Kier molecular flexibility index (Phi) is 3.35. The third-order valence-electron chi connectivity index (χ3n) is 5.54. The Morgan fingerprint density at radius 3 is 2.40 bits per heavy atom. The van der Waals surface area contributed by atoms with Gasteiger partial charge in [0.1, 0.15) is 0 Å². The number of nitrogens with one attached hydrogen (secondary N) is 1. The monoisotopic (exact) mass is 560 g/mol. The Morgan fingerprint density at radius 1 is 1.02 bits per heavy atom. The fourth-order valence-electron chi connectivity index (χ4n) is 3.57. The molecule has 8 nitrogen and oxygen atoms in total. The highest BCUT2D eigenvalue weighted by molar-refractivity contribution is 6.37. The van der Waals surface area contributed by atoms with E-state index < -0.39 is 179 Å². The molecule has 2 heterocycles. The van der Waals surface area contributed by atoms with Gasteiger partial charge in [-0.3, -0.25) is 14.5 Å². The highest BCUT2D eigenvalue weighted by Crippen LogP contribution is 2.39. The van der Waals surface area contributed by atoms with E-state index in [2.05, 4.69) is 10.1 Å². The molecule has 0 spiro atoms. The number of hydrogen-bond acceptors (Lipinski definition) is 6. The summed E-state index contributed by atoms with van der Waals surface area (Å²) in [6, 6.07) is -11.7.